The van der Waals surface area contributed by atoms with Crippen molar-refractivity contribution in [3.8, 4) is 5.75 Å². The molecule has 0 aliphatic heterocycles. The van der Waals surface area contributed by atoms with Crippen LogP contribution in [-0.4, -0.2) is 18.0 Å². The number of ether oxygens (including phenoxy) is 1. The van der Waals surface area contributed by atoms with Crippen LogP contribution in [0, 0.1) is 6.92 Å². The fraction of sp³-hybridized carbons (Fsp3) is 0.130. The lowest BCUT2D eigenvalue weighted by Crippen LogP contribution is -2.30. The van der Waals surface area contributed by atoms with Crippen molar-refractivity contribution in [1.29, 1.82) is 0 Å². The van der Waals surface area contributed by atoms with Crippen LogP contribution in [0.25, 0.3) is 10.2 Å². The molecule has 4 nitrogen and oxygen atoms in total. The number of carbonyl (C=O) groups is 1. The number of amides is 1. The Hall–Kier alpha value is -2.60. The molecular weight excluding hydrogens is 439 g/mol. The standard InChI is InChI=1S/C23H18Cl2N2O2S/c1-14-8-9-19(29-2)20-21(14)30-23(26-20)27(13-15-6-4-3-5-7-15)22(28)16-10-17(24)12-18(25)11-16/h3-12H,13H2,1-2H3. The second-order valence-corrected chi connectivity index (χ2v) is 8.64. The molecule has 4 rings (SSSR count). The Morgan fingerprint density at radius 2 is 1.77 bits per heavy atom. The molecule has 4 aromatic rings. The van der Waals surface area contributed by atoms with Gasteiger partial charge >= 0.3 is 0 Å². The highest BCUT2D eigenvalue weighted by molar-refractivity contribution is 7.22. The van der Waals surface area contributed by atoms with Crippen LogP contribution in [0.5, 0.6) is 5.75 Å². The number of fused-ring (bicyclic) bond motifs is 1. The first-order valence-electron chi connectivity index (χ1n) is 9.22. The van der Waals surface area contributed by atoms with Gasteiger partial charge in [-0.05, 0) is 42.3 Å². The summed E-state index contributed by atoms with van der Waals surface area (Å²) in [5, 5.41) is 1.40. The SMILES string of the molecule is COc1ccc(C)c2sc(N(Cc3ccccc3)C(=O)c3cc(Cl)cc(Cl)c3)nc12. The molecule has 0 fully saturated rings. The zero-order valence-electron chi connectivity index (χ0n) is 16.4. The molecule has 0 bridgehead atoms. The maximum atomic E-state index is 13.5. The molecule has 7 heteroatoms. The number of nitrogens with zero attached hydrogens (tertiary/aromatic N) is 2. The smallest absolute Gasteiger partial charge is 0.260 e. The number of hydrogen-bond acceptors (Lipinski definition) is 4. The van der Waals surface area contributed by atoms with Gasteiger partial charge in [0.15, 0.2) is 5.13 Å². The molecule has 0 spiro atoms. The normalized spacial score (nSPS) is 10.9. The summed E-state index contributed by atoms with van der Waals surface area (Å²) in [7, 11) is 1.62. The molecular formula is C23H18Cl2N2O2S. The molecule has 0 radical (unpaired) electrons. The minimum atomic E-state index is -0.223. The Kier molecular flexibility index (Phi) is 5.95. The first kappa shape index (κ1) is 20.7. The van der Waals surface area contributed by atoms with Gasteiger partial charge in [-0.15, -0.1) is 0 Å². The average Bonchev–Trinajstić information content (AvgIpc) is 3.18. The number of halogens is 2. The van der Waals surface area contributed by atoms with Crippen molar-refractivity contribution in [2.75, 3.05) is 12.0 Å². The van der Waals surface area contributed by atoms with Crippen molar-refractivity contribution in [2.24, 2.45) is 0 Å². The molecule has 1 heterocycles. The van der Waals surface area contributed by atoms with Gasteiger partial charge in [0.05, 0.1) is 18.4 Å². The van der Waals surface area contributed by atoms with Crippen LogP contribution >= 0.6 is 34.5 Å². The molecule has 0 atom stereocenters. The minimum Gasteiger partial charge on any atom is -0.494 e. The van der Waals surface area contributed by atoms with Crippen molar-refractivity contribution in [2.45, 2.75) is 13.5 Å². The van der Waals surface area contributed by atoms with E-state index in [-0.39, 0.29) is 5.91 Å². The highest BCUT2D eigenvalue weighted by Gasteiger charge is 2.24. The Morgan fingerprint density at radius 1 is 1.07 bits per heavy atom. The fourth-order valence-corrected chi connectivity index (χ4v) is 4.78. The number of aryl methyl sites for hydroxylation is 1. The van der Waals surface area contributed by atoms with Crippen molar-refractivity contribution in [3.63, 3.8) is 0 Å². The average molecular weight is 457 g/mol. The molecule has 152 valence electrons. The van der Waals surface area contributed by atoms with Gasteiger partial charge in [-0.25, -0.2) is 4.98 Å². The van der Waals surface area contributed by atoms with Crippen LogP contribution in [-0.2, 0) is 6.54 Å². The Bertz CT molecular complexity index is 1200. The second kappa shape index (κ2) is 8.64. The maximum Gasteiger partial charge on any atom is 0.260 e. The number of rotatable bonds is 5. The van der Waals surface area contributed by atoms with Crippen molar-refractivity contribution in [3.05, 3.63) is 87.4 Å². The van der Waals surface area contributed by atoms with Crippen LogP contribution in [0.15, 0.2) is 60.7 Å². The first-order valence-corrected chi connectivity index (χ1v) is 10.8. The van der Waals surface area contributed by atoms with Crippen molar-refractivity contribution < 1.29 is 9.53 Å². The summed E-state index contributed by atoms with van der Waals surface area (Å²) in [6, 6.07) is 18.5. The third kappa shape index (κ3) is 4.15. The van der Waals surface area contributed by atoms with E-state index in [2.05, 4.69) is 0 Å². The third-order valence-corrected chi connectivity index (χ3v) is 6.33. The molecule has 0 aliphatic carbocycles. The second-order valence-electron chi connectivity index (χ2n) is 6.79. The highest BCUT2D eigenvalue weighted by atomic mass is 35.5. The van der Waals surface area contributed by atoms with Crippen LogP contribution < -0.4 is 9.64 Å². The molecule has 0 aliphatic rings. The van der Waals surface area contributed by atoms with Gasteiger partial charge in [-0.2, -0.15) is 0 Å². The molecule has 0 unspecified atom stereocenters. The number of benzene rings is 3. The number of thiazole rings is 1. The van der Waals surface area contributed by atoms with Gasteiger partial charge in [0.25, 0.3) is 5.91 Å². The molecule has 0 N–H and O–H groups in total. The van der Waals surface area contributed by atoms with Crippen LogP contribution in [0.4, 0.5) is 5.13 Å². The first-order chi connectivity index (χ1) is 14.5. The van der Waals surface area contributed by atoms with Gasteiger partial charge in [0.1, 0.15) is 11.3 Å². The van der Waals surface area contributed by atoms with Gasteiger partial charge in [0.2, 0.25) is 0 Å². The predicted octanol–water partition coefficient (Wildman–Crippen LogP) is 6.77. The van der Waals surface area contributed by atoms with Crippen LogP contribution in [0.3, 0.4) is 0 Å². The third-order valence-electron chi connectivity index (χ3n) is 4.68. The molecule has 0 saturated heterocycles. The number of anilines is 1. The lowest BCUT2D eigenvalue weighted by molar-refractivity contribution is 0.0985. The van der Waals surface area contributed by atoms with E-state index in [1.807, 2.05) is 49.4 Å². The zero-order valence-corrected chi connectivity index (χ0v) is 18.7. The Morgan fingerprint density at radius 3 is 2.43 bits per heavy atom. The summed E-state index contributed by atoms with van der Waals surface area (Å²) >= 11 is 13.8. The quantitative estimate of drug-likeness (QED) is 0.332. The molecule has 30 heavy (non-hydrogen) atoms. The van der Waals surface area contributed by atoms with Crippen LogP contribution in [0.1, 0.15) is 21.5 Å². The van der Waals surface area contributed by atoms with Crippen molar-refractivity contribution in [1.82, 2.24) is 4.98 Å². The summed E-state index contributed by atoms with van der Waals surface area (Å²) in [5.41, 5.74) is 3.22. The Balaban J connectivity index is 1.84. The summed E-state index contributed by atoms with van der Waals surface area (Å²) in [4.78, 5) is 19.9. The zero-order chi connectivity index (χ0) is 21.3. The largest absolute Gasteiger partial charge is 0.494 e. The summed E-state index contributed by atoms with van der Waals surface area (Å²) in [6.45, 7) is 2.38. The van der Waals surface area contributed by atoms with E-state index in [1.54, 1.807) is 30.2 Å². The summed E-state index contributed by atoms with van der Waals surface area (Å²) < 4.78 is 6.46. The molecule has 0 saturated carbocycles. The number of carbonyl (C=O) groups excluding carboxylic acids is 1. The highest BCUT2D eigenvalue weighted by Crippen LogP contribution is 2.37. The summed E-state index contributed by atoms with van der Waals surface area (Å²) in [5.74, 6) is 0.454. The van der Waals surface area contributed by atoms with E-state index in [0.717, 1.165) is 21.3 Å². The van der Waals surface area contributed by atoms with Gasteiger partial charge in [-0.3, -0.25) is 9.69 Å². The lowest BCUT2D eigenvalue weighted by atomic mass is 10.1. The predicted molar refractivity (Wildman–Crippen MR) is 124 cm³/mol. The summed E-state index contributed by atoms with van der Waals surface area (Å²) in [6.07, 6.45) is 0. The molecule has 3 aromatic carbocycles. The number of aromatic nitrogens is 1. The van der Waals surface area contributed by atoms with E-state index < -0.39 is 0 Å². The number of hydrogen-bond donors (Lipinski definition) is 0. The molecule has 1 amide bonds. The maximum absolute atomic E-state index is 13.5. The van der Waals surface area contributed by atoms with Gasteiger partial charge in [0, 0.05) is 15.6 Å². The van der Waals surface area contributed by atoms with E-state index >= 15 is 0 Å². The fourth-order valence-electron chi connectivity index (χ4n) is 3.20. The van der Waals surface area contributed by atoms with Crippen molar-refractivity contribution >= 4 is 55.8 Å². The van der Waals surface area contributed by atoms with E-state index in [1.165, 1.54) is 11.3 Å². The monoisotopic (exact) mass is 456 g/mol. The topological polar surface area (TPSA) is 42.4 Å². The minimum absolute atomic E-state index is 0.223. The lowest BCUT2D eigenvalue weighted by Gasteiger charge is -2.20. The van der Waals surface area contributed by atoms with E-state index in [0.29, 0.717) is 33.0 Å². The van der Waals surface area contributed by atoms with Gasteiger partial charge < -0.3 is 4.74 Å². The Labute approximate surface area is 188 Å². The van der Waals surface area contributed by atoms with E-state index in [9.17, 15) is 4.79 Å². The van der Waals surface area contributed by atoms with Gasteiger partial charge in [-0.1, -0.05) is 70.9 Å². The van der Waals surface area contributed by atoms with E-state index in [4.69, 9.17) is 32.9 Å². The van der Waals surface area contributed by atoms with Crippen LogP contribution in [0.2, 0.25) is 10.0 Å². The molecule has 1 aromatic heterocycles. The number of methoxy groups -OCH3 is 1.